The number of carbonyl (C=O) groups is 1. The van der Waals surface area contributed by atoms with Crippen molar-refractivity contribution in [2.24, 2.45) is 0 Å². The van der Waals surface area contributed by atoms with Crippen LogP contribution in [0.15, 0.2) is 54.6 Å². The standard InChI is InChI=1S/C19H21ClFNO2/c20-13-19(24)22(14-16-4-2-1-3-5-16)11-10-18(23)12-15-6-8-17(21)9-7-15/h1-9,18,23H,10-14H2. The highest BCUT2D eigenvalue weighted by Gasteiger charge is 2.15. The molecule has 0 aliphatic heterocycles. The van der Waals surface area contributed by atoms with E-state index in [0.29, 0.717) is 25.9 Å². The lowest BCUT2D eigenvalue weighted by Gasteiger charge is -2.23. The van der Waals surface area contributed by atoms with Gasteiger partial charge in [0.05, 0.1) is 6.10 Å². The second-order valence-corrected chi connectivity index (χ2v) is 5.97. The van der Waals surface area contributed by atoms with E-state index in [-0.39, 0.29) is 17.6 Å². The molecule has 2 aromatic carbocycles. The monoisotopic (exact) mass is 349 g/mol. The number of aliphatic hydroxyl groups excluding tert-OH is 1. The minimum atomic E-state index is -0.600. The molecule has 0 fully saturated rings. The molecule has 1 amide bonds. The number of carbonyl (C=O) groups excluding carboxylic acids is 1. The maximum atomic E-state index is 12.9. The van der Waals surface area contributed by atoms with E-state index in [2.05, 4.69) is 0 Å². The molecule has 0 aliphatic carbocycles. The molecule has 0 heterocycles. The summed E-state index contributed by atoms with van der Waals surface area (Å²) in [5.74, 6) is -0.537. The molecule has 1 atom stereocenters. The molecule has 0 spiro atoms. The van der Waals surface area contributed by atoms with Gasteiger partial charge in [-0.3, -0.25) is 4.79 Å². The summed E-state index contributed by atoms with van der Waals surface area (Å²) in [5, 5.41) is 10.2. The lowest BCUT2D eigenvalue weighted by atomic mass is 10.1. The number of amides is 1. The fourth-order valence-electron chi connectivity index (χ4n) is 2.48. The van der Waals surface area contributed by atoms with Crippen LogP contribution in [-0.2, 0) is 17.8 Å². The van der Waals surface area contributed by atoms with Gasteiger partial charge in [0.1, 0.15) is 11.7 Å². The molecule has 128 valence electrons. The van der Waals surface area contributed by atoms with Gasteiger partial charge < -0.3 is 10.0 Å². The average molecular weight is 350 g/mol. The molecule has 0 saturated carbocycles. The van der Waals surface area contributed by atoms with Crippen molar-refractivity contribution in [3.05, 3.63) is 71.5 Å². The highest BCUT2D eigenvalue weighted by molar-refractivity contribution is 6.27. The third-order valence-corrected chi connectivity index (χ3v) is 4.03. The quantitative estimate of drug-likeness (QED) is 0.742. The molecule has 1 unspecified atom stereocenters. The number of nitrogens with zero attached hydrogens (tertiary/aromatic N) is 1. The zero-order valence-corrected chi connectivity index (χ0v) is 14.1. The first kappa shape index (κ1) is 18.4. The predicted octanol–water partition coefficient (Wildman–Crippen LogP) is 3.39. The molecule has 0 aliphatic rings. The largest absolute Gasteiger partial charge is 0.393 e. The summed E-state index contributed by atoms with van der Waals surface area (Å²) in [6.45, 7) is 0.887. The van der Waals surface area contributed by atoms with Crippen LogP contribution in [0.25, 0.3) is 0 Å². The van der Waals surface area contributed by atoms with Crippen LogP contribution in [0.4, 0.5) is 4.39 Å². The fraction of sp³-hybridized carbons (Fsp3) is 0.316. The third-order valence-electron chi connectivity index (χ3n) is 3.80. The fourth-order valence-corrected chi connectivity index (χ4v) is 2.65. The number of rotatable bonds is 8. The highest BCUT2D eigenvalue weighted by Crippen LogP contribution is 2.11. The van der Waals surface area contributed by atoms with Crippen molar-refractivity contribution in [2.45, 2.75) is 25.5 Å². The Morgan fingerprint density at radius 2 is 1.75 bits per heavy atom. The molecule has 0 radical (unpaired) electrons. The highest BCUT2D eigenvalue weighted by atomic mass is 35.5. The Morgan fingerprint density at radius 3 is 2.38 bits per heavy atom. The van der Waals surface area contributed by atoms with Crippen molar-refractivity contribution in [1.82, 2.24) is 4.90 Å². The van der Waals surface area contributed by atoms with Crippen LogP contribution in [0, 0.1) is 5.82 Å². The van der Waals surface area contributed by atoms with Crippen LogP contribution in [0.3, 0.4) is 0 Å². The molecule has 1 N–H and O–H groups in total. The van der Waals surface area contributed by atoms with Gasteiger partial charge in [0.2, 0.25) is 5.91 Å². The summed E-state index contributed by atoms with van der Waals surface area (Å²) in [4.78, 5) is 13.6. The summed E-state index contributed by atoms with van der Waals surface area (Å²) in [7, 11) is 0. The van der Waals surface area contributed by atoms with Crippen LogP contribution >= 0.6 is 11.6 Å². The van der Waals surface area contributed by atoms with E-state index in [0.717, 1.165) is 11.1 Å². The van der Waals surface area contributed by atoms with E-state index < -0.39 is 6.10 Å². The van der Waals surface area contributed by atoms with Gasteiger partial charge in [0.15, 0.2) is 0 Å². The summed E-state index contributed by atoms with van der Waals surface area (Å²) in [6.07, 6.45) is 0.262. The van der Waals surface area contributed by atoms with Crippen molar-refractivity contribution < 1.29 is 14.3 Å². The Morgan fingerprint density at radius 1 is 1.08 bits per heavy atom. The van der Waals surface area contributed by atoms with Gasteiger partial charge in [0, 0.05) is 13.1 Å². The molecule has 0 saturated heterocycles. The van der Waals surface area contributed by atoms with E-state index in [1.807, 2.05) is 30.3 Å². The number of benzene rings is 2. The SMILES string of the molecule is O=C(CCl)N(CCC(O)Cc1ccc(F)cc1)Cc1ccccc1. The van der Waals surface area contributed by atoms with Crippen molar-refractivity contribution in [1.29, 1.82) is 0 Å². The lowest BCUT2D eigenvalue weighted by Crippen LogP contribution is -2.34. The van der Waals surface area contributed by atoms with Gasteiger partial charge in [-0.1, -0.05) is 42.5 Å². The average Bonchev–Trinajstić information content (AvgIpc) is 2.60. The number of alkyl halides is 1. The van der Waals surface area contributed by atoms with E-state index in [1.165, 1.54) is 12.1 Å². The predicted molar refractivity (Wildman–Crippen MR) is 93.3 cm³/mol. The Hall–Kier alpha value is -1.91. The summed E-state index contributed by atoms with van der Waals surface area (Å²) < 4.78 is 12.9. The summed E-state index contributed by atoms with van der Waals surface area (Å²) in [5.41, 5.74) is 1.88. The third kappa shape index (κ3) is 5.95. The van der Waals surface area contributed by atoms with Gasteiger partial charge in [-0.2, -0.15) is 0 Å². The lowest BCUT2D eigenvalue weighted by molar-refractivity contribution is -0.129. The topological polar surface area (TPSA) is 40.5 Å². The number of hydrogen-bond acceptors (Lipinski definition) is 2. The number of hydrogen-bond donors (Lipinski definition) is 1. The van der Waals surface area contributed by atoms with Crippen molar-refractivity contribution in [2.75, 3.05) is 12.4 Å². The Bertz CT molecular complexity index is 634. The van der Waals surface area contributed by atoms with E-state index in [9.17, 15) is 14.3 Å². The van der Waals surface area contributed by atoms with Gasteiger partial charge in [-0.25, -0.2) is 4.39 Å². The molecule has 3 nitrogen and oxygen atoms in total. The molecule has 24 heavy (non-hydrogen) atoms. The summed E-state index contributed by atoms with van der Waals surface area (Å²) in [6, 6.07) is 15.7. The Labute approximate surface area is 146 Å². The zero-order valence-electron chi connectivity index (χ0n) is 13.4. The summed E-state index contributed by atoms with van der Waals surface area (Å²) >= 11 is 5.68. The zero-order chi connectivity index (χ0) is 17.4. The smallest absolute Gasteiger partial charge is 0.237 e. The van der Waals surface area contributed by atoms with Crippen LogP contribution in [0.2, 0.25) is 0 Å². The molecule has 2 aromatic rings. The molecule has 5 heteroatoms. The van der Waals surface area contributed by atoms with Crippen molar-refractivity contribution in [3.63, 3.8) is 0 Å². The first-order valence-electron chi connectivity index (χ1n) is 7.88. The Balaban J connectivity index is 1.89. The van der Waals surface area contributed by atoms with Crippen LogP contribution in [0.1, 0.15) is 17.5 Å². The van der Waals surface area contributed by atoms with Crippen molar-refractivity contribution in [3.8, 4) is 0 Å². The van der Waals surface area contributed by atoms with Crippen LogP contribution in [0.5, 0.6) is 0 Å². The first-order valence-corrected chi connectivity index (χ1v) is 8.42. The van der Waals surface area contributed by atoms with E-state index in [4.69, 9.17) is 11.6 Å². The van der Waals surface area contributed by atoms with Gasteiger partial charge in [0.25, 0.3) is 0 Å². The van der Waals surface area contributed by atoms with E-state index in [1.54, 1.807) is 17.0 Å². The normalized spacial score (nSPS) is 12.0. The van der Waals surface area contributed by atoms with Crippen LogP contribution in [-0.4, -0.2) is 34.4 Å². The van der Waals surface area contributed by atoms with Gasteiger partial charge >= 0.3 is 0 Å². The maximum Gasteiger partial charge on any atom is 0.237 e. The molecule has 2 rings (SSSR count). The van der Waals surface area contributed by atoms with Gasteiger partial charge in [-0.15, -0.1) is 11.6 Å². The molecule has 0 bridgehead atoms. The molecular weight excluding hydrogens is 329 g/mol. The maximum absolute atomic E-state index is 12.9. The van der Waals surface area contributed by atoms with Crippen molar-refractivity contribution >= 4 is 17.5 Å². The van der Waals surface area contributed by atoms with Gasteiger partial charge in [-0.05, 0) is 36.1 Å². The minimum absolute atomic E-state index is 0.0824. The Kier molecular flexibility index (Phi) is 7.22. The van der Waals surface area contributed by atoms with E-state index >= 15 is 0 Å². The second-order valence-electron chi connectivity index (χ2n) is 5.71. The first-order chi connectivity index (χ1) is 11.6. The number of aliphatic hydroxyl groups is 1. The minimum Gasteiger partial charge on any atom is -0.393 e. The van der Waals surface area contributed by atoms with Crippen LogP contribution < -0.4 is 0 Å². The molecule has 0 aromatic heterocycles. The second kappa shape index (κ2) is 9.40. The molecular formula is C19H21ClFNO2. The number of halogens is 2.